The Kier molecular flexibility index (Phi) is 4.23. The highest BCUT2D eigenvalue weighted by atomic mass is 35.5. The van der Waals surface area contributed by atoms with Crippen LogP contribution >= 0.6 is 23.2 Å². The number of hydrogen-bond acceptors (Lipinski definition) is 1. The summed E-state index contributed by atoms with van der Waals surface area (Å²) in [4.78, 5) is 10.1. The first-order valence-corrected chi connectivity index (χ1v) is 4.70. The Bertz CT molecular complexity index is 447. The van der Waals surface area contributed by atoms with E-state index in [1.807, 2.05) is 0 Å². The Hall–Kier alpha value is -1.43. The quantitative estimate of drug-likeness (QED) is 0.606. The Balaban J connectivity index is 2.84. The monoisotopic (exact) mass is 240 g/mol. The predicted molar refractivity (Wildman–Crippen MR) is 60.1 cm³/mol. The molecule has 0 atom stereocenters. The largest absolute Gasteiger partial charge is 0.478 e. The summed E-state index contributed by atoms with van der Waals surface area (Å²) in [6.07, 6.45) is 2.20. The van der Waals surface area contributed by atoms with Gasteiger partial charge in [0, 0.05) is 21.7 Å². The number of aliphatic carboxylic acids is 1. The molecule has 0 bridgehead atoms. The van der Waals surface area contributed by atoms with Gasteiger partial charge in [0.05, 0.1) is 0 Å². The van der Waals surface area contributed by atoms with Crippen LogP contribution in [0.5, 0.6) is 0 Å². The van der Waals surface area contributed by atoms with Crippen molar-refractivity contribution in [1.82, 2.24) is 0 Å². The first kappa shape index (κ1) is 11.6. The van der Waals surface area contributed by atoms with E-state index in [1.165, 1.54) is 6.08 Å². The Morgan fingerprint density at radius 1 is 1.27 bits per heavy atom. The van der Waals surface area contributed by atoms with Crippen molar-refractivity contribution >= 4 is 29.2 Å². The van der Waals surface area contributed by atoms with Crippen LogP contribution in [0.25, 0.3) is 0 Å². The lowest BCUT2D eigenvalue weighted by Gasteiger charge is -1.93. The number of carboxylic acids is 1. The van der Waals surface area contributed by atoms with E-state index in [9.17, 15) is 4.79 Å². The number of halogens is 2. The summed E-state index contributed by atoms with van der Waals surface area (Å²) in [6.45, 7) is 0. The smallest absolute Gasteiger partial charge is 0.328 e. The molecule has 4 heteroatoms. The van der Waals surface area contributed by atoms with Crippen LogP contribution in [0.3, 0.4) is 0 Å². The maximum Gasteiger partial charge on any atom is 0.328 e. The van der Waals surface area contributed by atoms with Crippen molar-refractivity contribution in [2.24, 2.45) is 0 Å². The van der Waals surface area contributed by atoms with Gasteiger partial charge in [0.1, 0.15) is 0 Å². The third-order valence-electron chi connectivity index (χ3n) is 1.39. The van der Waals surface area contributed by atoms with E-state index in [4.69, 9.17) is 28.3 Å². The number of allylic oxidation sites excluding steroid dienone is 1. The zero-order chi connectivity index (χ0) is 11.3. The molecule has 0 amide bonds. The van der Waals surface area contributed by atoms with Gasteiger partial charge < -0.3 is 5.11 Å². The molecule has 2 nitrogen and oxygen atoms in total. The van der Waals surface area contributed by atoms with Crippen LogP contribution in [0.1, 0.15) is 5.56 Å². The minimum atomic E-state index is -1.03. The minimum Gasteiger partial charge on any atom is -0.478 e. The molecule has 0 saturated heterocycles. The highest BCUT2D eigenvalue weighted by molar-refractivity contribution is 6.34. The molecule has 76 valence electrons. The lowest BCUT2D eigenvalue weighted by molar-refractivity contribution is -0.131. The van der Waals surface area contributed by atoms with Crippen LogP contribution in [0, 0.1) is 11.8 Å². The van der Waals surface area contributed by atoms with Crippen LogP contribution in [0.4, 0.5) is 0 Å². The van der Waals surface area contributed by atoms with E-state index in [0.717, 1.165) is 6.08 Å². The van der Waals surface area contributed by atoms with Crippen LogP contribution in [-0.2, 0) is 4.79 Å². The zero-order valence-electron chi connectivity index (χ0n) is 7.50. The molecule has 0 fully saturated rings. The summed E-state index contributed by atoms with van der Waals surface area (Å²) in [7, 11) is 0. The summed E-state index contributed by atoms with van der Waals surface area (Å²) in [5.41, 5.74) is 0.641. The van der Waals surface area contributed by atoms with Gasteiger partial charge in [-0.1, -0.05) is 35.0 Å². The van der Waals surface area contributed by atoms with Crippen LogP contribution in [-0.4, -0.2) is 11.1 Å². The van der Waals surface area contributed by atoms with Gasteiger partial charge in [-0.2, -0.15) is 0 Å². The maximum atomic E-state index is 10.1. The van der Waals surface area contributed by atoms with Gasteiger partial charge in [-0.15, -0.1) is 0 Å². The summed E-state index contributed by atoms with van der Waals surface area (Å²) in [6, 6.07) is 4.89. The maximum absolute atomic E-state index is 10.1. The van der Waals surface area contributed by atoms with Crippen LogP contribution < -0.4 is 0 Å². The van der Waals surface area contributed by atoms with E-state index in [1.54, 1.807) is 18.2 Å². The Morgan fingerprint density at radius 2 is 1.87 bits per heavy atom. The minimum absolute atomic E-state index is 0.494. The molecule has 1 N–H and O–H groups in total. The molecule has 0 spiro atoms. The highest BCUT2D eigenvalue weighted by Gasteiger charge is 1.94. The Labute approximate surface area is 97.1 Å². The third-order valence-corrected chi connectivity index (χ3v) is 1.82. The fraction of sp³-hybridized carbons (Fsp3) is 0. The summed E-state index contributed by atoms with van der Waals surface area (Å²) in [5, 5.41) is 9.29. The van der Waals surface area contributed by atoms with Gasteiger partial charge >= 0.3 is 5.97 Å². The van der Waals surface area contributed by atoms with Crippen molar-refractivity contribution in [1.29, 1.82) is 0 Å². The summed E-state index contributed by atoms with van der Waals surface area (Å²) < 4.78 is 0. The van der Waals surface area contributed by atoms with Gasteiger partial charge in [-0.3, -0.25) is 0 Å². The molecule has 0 aliphatic heterocycles. The second-order valence-corrected chi connectivity index (χ2v) is 3.47. The normalized spacial score (nSPS) is 9.73. The summed E-state index contributed by atoms with van der Waals surface area (Å²) >= 11 is 11.5. The molecule has 0 radical (unpaired) electrons. The Morgan fingerprint density at radius 3 is 2.40 bits per heavy atom. The van der Waals surface area contributed by atoms with Gasteiger partial charge in [-0.05, 0) is 24.3 Å². The second kappa shape index (κ2) is 5.45. The lowest BCUT2D eigenvalue weighted by atomic mass is 10.2. The molecule has 0 unspecified atom stereocenters. The molecule has 0 heterocycles. The number of carboxylic acid groups (broad SMARTS) is 1. The van der Waals surface area contributed by atoms with Crippen molar-refractivity contribution in [3.05, 3.63) is 46.0 Å². The number of carbonyl (C=O) groups is 1. The van der Waals surface area contributed by atoms with E-state index >= 15 is 0 Å². The summed E-state index contributed by atoms with van der Waals surface area (Å²) in [5.74, 6) is 4.24. The molecular weight excluding hydrogens is 235 g/mol. The number of benzene rings is 1. The molecular formula is C11H6Cl2O2. The second-order valence-electron chi connectivity index (χ2n) is 2.60. The molecule has 15 heavy (non-hydrogen) atoms. The van der Waals surface area contributed by atoms with E-state index in [0.29, 0.717) is 15.6 Å². The van der Waals surface area contributed by atoms with Crippen molar-refractivity contribution in [2.75, 3.05) is 0 Å². The van der Waals surface area contributed by atoms with Crippen molar-refractivity contribution < 1.29 is 9.90 Å². The molecule has 0 aromatic heterocycles. The van der Waals surface area contributed by atoms with Gasteiger partial charge in [0.25, 0.3) is 0 Å². The lowest BCUT2D eigenvalue weighted by Crippen LogP contribution is -1.84. The first-order valence-electron chi connectivity index (χ1n) is 3.95. The zero-order valence-corrected chi connectivity index (χ0v) is 9.01. The van der Waals surface area contributed by atoms with E-state index < -0.39 is 5.97 Å². The molecule has 1 rings (SSSR count). The van der Waals surface area contributed by atoms with E-state index in [-0.39, 0.29) is 0 Å². The van der Waals surface area contributed by atoms with Crippen molar-refractivity contribution in [2.45, 2.75) is 0 Å². The molecule has 0 saturated carbocycles. The fourth-order valence-electron chi connectivity index (χ4n) is 0.864. The predicted octanol–water partition coefficient (Wildman–Crippen LogP) is 2.99. The van der Waals surface area contributed by atoms with Gasteiger partial charge in [-0.25, -0.2) is 4.79 Å². The average Bonchev–Trinajstić information content (AvgIpc) is 2.10. The number of rotatable bonds is 1. The molecule has 1 aromatic rings. The van der Waals surface area contributed by atoms with Crippen molar-refractivity contribution in [3.63, 3.8) is 0 Å². The fourth-order valence-corrected chi connectivity index (χ4v) is 1.39. The van der Waals surface area contributed by atoms with Crippen molar-refractivity contribution in [3.8, 4) is 11.8 Å². The van der Waals surface area contributed by atoms with Gasteiger partial charge in [0.2, 0.25) is 0 Å². The van der Waals surface area contributed by atoms with Gasteiger partial charge in [0.15, 0.2) is 0 Å². The molecule has 0 aliphatic rings. The third kappa shape index (κ3) is 4.55. The van der Waals surface area contributed by atoms with Crippen LogP contribution in [0.2, 0.25) is 10.0 Å². The molecule has 1 aromatic carbocycles. The van der Waals surface area contributed by atoms with Crippen LogP contribution in [0.15, 0.2) is 30.4 Å². The topological polar surface area (TPSA) is 37.3 Å². The average molecular weight is 241 g/mol. The molecule has 0 aliphatic carbocycles. The number of hydrogen-bond donors (Lipinski definition) is 1. The first-order chi connectivity index (χ1) is 7.08. The standard InChI is InChI=1S/C11H6Cl2O2/c12-9-5-8(6-10(13)7-9)3-1-2-4-11(14)15/h2,4-7H,(H,14,15)/b4-2+. The highest BCUT2D eigenvalue weighted by Crippen LogP contribution is 2.18. The van der Waals surface area contributed by atoms with E-state index in [2.05, 4.69) is 11.8 Å². The SMILES string of the molecule is O=C(O)/C=C/C#Cc1cc(Cl)cc(Cl)c1.